The molecule has 1 atom stereocenters. The molecule has 1 heterocycles. The number of amides is 1. The van der Waals surface area contributed by atoms with Gasteiger partial charge in [0.15, 0.2) is 6.10 Å². The highest BCUT2D eigenvalue weighted by molar-refractivity contribution is 6.32. The monoisotopic (exact) mass is 400 g/mol. The van der Waals surface area contributed by atoms with Crippen molar-refractivity contribution in [3.63, 3.8) is 0 Å². The zero-order chi connectivity index (χ0) is 19.8. The number of ether oxygens (including phenoxy) is 1. The first-order valence-electron chi connectivity index (χ1n) is 10.1. The minimum Gasteiger partial charge on any atom is -0.479 e. The molecular formula is C23H29ClN2O2. The first-order valence-corrected chi connectivity index (χ1v) is 10.5. The van der Waals surface area contributed by atoms with Crippen LogP contribution in [0.5, 0.6) is 5.75 Å². The third-order valence-electron chi connectivity index (χ3n) is 5.08. The van der Waals surface area contributed by atoms with Crippen LogP contribution in [0.1, 0.15) is 43.7 Å². The van der Waals surface area contributed by atoms with Gasteiger partial charge in [-0.1, -0.05) is 61.3 Å². The quantitative estimate of drug-likeness (QED) is 0.692. The lowest BCUT2D eigenvalue weighted by molar-refractivity contribution is -0.128. The van der Waals surface area contributed by atoms with E-state index in [1.165, 1.54) is 37.9 Å². The number of benzene rings is 2. The normalized spacial score (nSPS) is 15.8. The van der Waals surface area contributed by atoms with Gasteiger partial charge in [-0.25, -0.2) is 0 Å². The Balaban J connectivity index is 1.54. The Morgan fingerprint density at radius 3 is 2.61 bits per heavy atom. The molecule has 150 valence electrons. The predicted molar refractivity (Wildman–Crippen MR) is 114 cm³/mol. The number of nitrogens with one attached hydrogen (secondary N) is 1. The molecule has 1 unspecified atom stereocenters. The molecular weight excluding hydrogens is 372 g/mol. The number of carbonyl (C=O) groups excluding carboxylic acids is 1. The van der Waals surface area contributed by atoms with Gasteiger partial charge in [-0.15, -0.1) is 0 Å². The number of hydrogen-bond donors (Lipinski definition) is 1. The van der Waals surface area contributed by atoms with Gasteiger partial charge in [0.05, 0.1) is 5.02 Å². The maximum atomic E-state index is 12.6. The fraction of sp³-hybridized carbons (Fsp3) is 0.435. The van der Waals surface area contributed by atoms with Crippen molar-refractivity contribution in [3.05, 3.63) is 64.7 Å². The SMILES string of the molecule is CCC(Oc1ccccc1Cl)C(=O)NCc1cccc(CN2CCCCC2)c1. The molecule has 1 amide bonds. The van der Waals surface area contributed by atoms with Crippen molar-refractivity contribution in [1.82, 2.24) is 10.2 Å². The highest BCUT2D eigenvalue weighted by Crippen LogP contribution is 2.25. The molecule has 0 bridgehead atoms. The van der Waals surface area contributed by atoms with Gasteiger partial charge < -0.3 is 10.1 Å². The minimum absolute atomic E-state index is 0.121. The van der Waals surface area contributed by atoms with Crippen LogP contribution in [-0.4, -0.2) is 30.0 Å². The van der Waals surface area contributed by atoms with E-state index in [2.05, 4.69) is 34.5 Å². The van der Waals surface area contributed by atoms with E-state index in [4.69, 9.17) is 16.3 Å². The third kappa shape index (κ3) is 5.98. The summed E-state index contributed by atoms with van der Waals surface area (Å²) in [6.45, 7) is 5.77. The molecule has 1 N–H and O–H groups in total. The van der Waals surface area contributed by atoms with Crippen molar-refractivity contribution in [2.45, 2.75) is 51.8 Å². The summed E-state index contributed by atoms with van der Waals surface area (Å²) in [4.78, 5) is 15.1. The number of hydrogen-bond acceptors (Lipinski definition) is 3. The molecule has 1 fully saturated rings. The van der Waals surface area contributed by atoms with Gasteiger partial charge in [0.25, 0.3) is 5.91 Å². The molecule has 0 aliphatic carbocycles. The van der Waals surface area contributed by atoms with Gasteiger partial charge in [-0.2, -0.15) is 0 Å². The zero-order valence-electron chi connectivity index (χ0n) is 16.5. The second-order valence-corrected chi connectivity index (χ2v) is 7.73. The molecule has 0 spiro atoms. The third-order valence-corrected chi connectivity index (χ3v) is 5.39. The van der Waals surface area contributed by atoms with E-state index >= 15 is 0 Å². The lowest BCUT2D eigenvalue weighted by atomic mass is 10.1. The first-order chi connectivity index (χ1) is 13.7. The molecule has 4 nitrogen and oxygen atoms in total. The second kappa shape index (κ2) is 10.5. The van der Waals surface area contributed by atoms with Gasteiger partial charge in [0.2, 0.25) is 0 Å². The Labute approximate surface area is 172 Å². The number of piperidine rings is 1. The van der Waals surface area contributed by atoms with Gasteiger partial charge >= 0.3 is 0 Å². The molecule has 0 radical (unpaired) electrons. The summed E-state index contributed by atoms with van der Waals surface area (Å²) < 4.78 is 5.82. The van der Waals surface area contributed by atoms with Gasteiger partial charge in [0, 0.05) is 13.1 Å². The van der Waals surface area contributed by atoms with E-state index in [-0.39, 0.29) is 5.91 Å². The second-order valence-electron chi connectivity index (χ2n) is 7.32. The molecule has 1 aliphatic heterocycles. The van der Waals surface area contributed by atoms with Gasteiger partial charge in [0.1, 0.15) is 5.75 Å². The number of para-hydroxylation sites is 1. The highest BCUT2D eigenvalue weighted by atomic mass is 35.5. The number of nitrogens with zero attached hydrogens (tertiary/aromatic N) is 1. The molecule has 0 aromatic heterocycles. The van der Waals surface area contributed by atoms with Crippen molar-refractivity contribution < 1.29 is 9.53 Å². The summed E-state index contributed by atoms with van der Waals surface area (Å²) in [5.41, 5.74) is 2.41. The van der Waals surface area contributed by atoms with Crippen molar-refractivity contribution in [2.24, 2.45) is 0 Å². The van der Waals surface area contributed by atoms with E-state index in [0.717, 1.165) is 12.1 Å². The maximum absolute atomic E-state index is 12.6. The molecule has 1 saturated heterocycles. The van der Waals surface area contributed by atoms with Crippen LogP contribution in [0.2, 0.25) is 5.02 Å². The molecule has 28 heavy (non-hydrogen) atoms. The first kappa shape index (κ1) is 20.7. The number of likely N-dealkylation sites (tertiary alicyclic amines) is 1. The summed E-state index contributed by atoms with van der Waals surface area (Å²) in [7, 11) is 0. The smallest absolute Gasteiger partial charge is 0.261 e. The van der Waals surface area contributed by atoms with Crippen LogP contribution in [0.3, 0.4) is 0 Å². The molecule has 1 aliphatic rings. The van der Waals surface area contributed by atoms with Crippen LogP contribution in [0.4, 0.5) is 0 Å². The summed E-state index contributed by atoms with van der Waals surface area (Å²) in [5.74, 6) is 0.415. The summed E-state index contributed by atoms with van der Waals surface area (Å²) >= 11 is 6.14. The average molecular weight is 401 g/mol. The predicted octanol–water partition coefficient (Wildman–Crippen LogP) is 4.80. The van der Waals surface area contributed by atoms with E-state index in [1.807, 2.05) is 19.1 Å². The molecule has 2 aromatic rings. The fourth-order valence-corrected chi connectivity index (χ4v) is 3.71. The lowest BCUT2D eigenvalue weighted by Crippen LogP contribution is -2.37. The molecule has 2 aromatic carbocycles. The molecule has 0 saturated carbocycles. The summed E-state index contributed by atoms with van der Waals surface area (Å²) in [5, 5.41) is 3.51. The Morgan fingerprint density at radius 1 is 1.11 bits per heavy atom. The van der Waals surface area contributed by atoms with Crippen LogP contribution in [0.15, 0.2) is 48.5 Å². The van der Waals surface area contributed by atoms with Crippen LogP contribution in [-0.2, 0) is 17.9 Å². The van der Waals surface area contributed by atoms with Crippen LogP contribution >= 0.6 is 11.6 Å². The standard InChI is InChI=1S/C23H29ClN2O2/c1-2-21(28-22-12-5-4-11-20(22)24)23(27)25-16-18-9-8-10-19(15-18)17-26-13-6-3-7-14-26/h4-5,8-12,15,21H,2-3,6-7,13-14,16-17H2,1H3,(H,25,27). The topological polar surface area (TPSA) is 41.6 Å². The van der Waals surface area contributed by atoms with Gasteiger partial charge in [-0.3, -0.25) is 9.69 Å². The highest BCUT2D eigenvalue weighted by Gasteiger charge is 2.19. The van der Waals surface area contributed by atoms with Gasteiger partial charge in [-0.05, 0) is 55.6 Å². The van der Waals surface area contributed by atoms with Crippen LogP contribution in [0.25, 0.3) is 0 Å². The lowest BCUT2D eigenvalue weighted by Gasteiger charge is -2.26. The van der Waals surface area contributed by atoms with E-state index in [9.17, 15) is 4.79 Å². The fourth-order valence-electron chi connectivity index (χ4n) is 3.53. The Morgan fingerprint density at radius 2 is 1.86 bits per heavy atom. The zero-order valence-corrected chi connectivity index (χ0v) is 17.3. The molecule has 3 rings (SSSR count). The van der Waals surface area contributed by atoms with Crippen molar-refractivity contribution >= 4 is 17.5 Å². The number of halogens is 1. The van der Waals surface area contributed by atoms with Crippen LogP contribution in [0, 0.1) is 0 Å². The van der Waals surface area contributed by atoms with E-state index < -0.39 is 6.10 Å². The van der Waals surface area contributed by atoms with E-state index in [1.54, 1.807) is 12.1 Å². The van der Waals surface area contributed by atoms with Crippen LogP contribution < -0.4 is 10.1 Å². The summed E-state index contributed by atoms with van der Waals surface area (Å²) in [6.07, 6.45) is 3.94. The minimum atomic E-state index is -0.559. The Kier molecular flexibility index (Phi) is 7.75. The largest absolute Gasteiger partial charge is 0.479 e. The number of rotatable bonds is 8. The average Bonchev–Trinajstić information content (AvgIpc) is 2.72. The molecule has 5 heteroatoms. The Hall–Kier alpha value is -2.04. The maximum Gasteiger partial charge on any atom is 0.261 e. The number of carbonyl (C=O) groups is 1. The Bertz CT molecular complexity index is 775. The van der Waals surface area contributed by atoms with Crippen molar-refractivity contribution in [3.8, 4) is 5.75 Å². The van der Waals surface area contributed by atoms with E-state index in [0.29, 0.717) is 23.7 Å². The van der Waals surface area contributed by atoms with Crippen molar-refractivity contribution in [2.75, 3.05) is 13.1 Å². The summed E-state index contributed by atoms with van der Waals surface area (Å²) in [6, 6.07) is 15.7. The van der Waals surface area contributed by atoms with Crippen molar-refractivity contribution in [1.29, 1.82) is 0 Å².